The zero-order valence-electron chi connectivity index (χ0n) is 13.3. The Balaban J connectivity index is 1.56. The zero-order valence-corrected chi connectivity index (χ0v) is 15.7. The lowest BCUT2D eigenvalue weighted by Crippen LogP contribution is -2.48. The monoisotopic (exact) mass is 430 g/mol. The number of carbonyl (C=O) groups is 1. The van der Waals surface area contributed by atoms with Crippen LogP contribution in [0.4, 0.5) is 8.78 Å². The molecule has 25 heavy (non-hydrogen) atoms. The van der Waals surface area contributed by atoms with Crippen LogP contribution in [0.2, 0.25) is 0 Å². The van der Waals surface area contributed by atoms with Gasteiger partial charge in [-0.25, -0.2) is 0 Å². The number of hydrogen-bond donors (Lipinski definition) is 0. The van der Waals surface area contributed by atoms with Gasteiger partial charge in [0.05, 0.1) is 3.79 Å². The van der Waals surface area contributed by atoms with Crippen LogP contribution in [-0.2, 0) is 6.54 Å². The predicted octanol–water partition coefficient (Wildman–Crippen LogP) is 4.07. The molecule has 0 radical (unpaired) electrons. The minimum absolute atomic E-state index is 0.00255. The third-order valence-electron chi connectivity index (χ3n) is 3.97. The van der Waals surface area contributed by atoms with Gasteiger partial charge in [0.1, 0.15) is 5.75 Å². The van der Waals surface area contributed by atoms with Crippen molar-refractivity contribution in [3.05, 3.63) is 50.6 Å². The van der Waals surface area contributed by atoms with Gasteiger partial charge in [-0.1, -0.05) is 6.07 Å². The van der Waals surface area contributed by atoms with Crippen molar-refractivity contribution in [2.24, 2.45) is 0 Å². The Kier molecular flexibility index (Phi) is 6.03. The number of amides is 1. The minimum atomic E-state index is -2.90. The second kappa shape index (κ2) is 8.25. The fourth-order valence-electron chi connectivity index (χ4n) is 2.75. The summed E-state index contributed by atoms with van der Waals surface area (Å²) in [7, 11) is 0. The first-order chi connectivity index (χ1) is 12.0. The summed E-state index contributed by atoms with van der Waals surface area (Å²) in [5, 5.41) is 0. The van der Waals surface area contributed by atoms with Gasteiger partial charge >= 0.3 is 6.61 Å². The molecule has 1 amide bonds. The summed E-state index contributed by atoms with van der Waals surface area (Å²) in [4.78, 5) is 17.9. The van der Waals surface area contributed by atoms with E-state index in [0.717, 1.165) is 23.4 Å². The average Bonchev–Trinajstić information content (AvgIpc) is 2.99. The number of thiophene rings is 1. The van der Waals surface area contributed by atoms with E-state index in [2.05, 4.69) is 31.6 Å². The van der Waals surface area contributed by atoms with Crippen LogP contribution in [0.1, 0.15) is 15.2 Å². The van der Waals surface area contributed by atoms with E-state index in [1.807, 2.05) is 6.07 Å². The first-order valence-electron chi connectivity index (χ1n) is 7.82. The summed E-state index contributed by atoms with van der Waals surface area (Å²) >= 11 is 5.17. The molecule has 0 aliphatic carbocycles. The second-order valence-electron chi connectivity index (χ2n) is 5.68. The maximum absolute atomic E-state index is 12.6. The maximum Gasteiger partial charge on any atom is 0.387 e. The molecule has 134 valence electrons. The van der Waals surface area contributed by atoms with Crippen LogP contribution in [0.5, 0.6) is 5.75 Å². The molecule has 0 saturated carbocycles. The second-order valence-corrected chi connectivity index (χ2v) is 8.23. The van der Waals surface area contributed by atoms with Crippen LogP contribution in [0.3, 0.4) is 0 Å². The number of alkyl halides is 2. The standard InChI is InChI=1S/C17H17BrF2N2O2S/c18-15-5-4-14(25-15)11-21-6-8-22(9-7-21)16(23)12-2-1-3-13(10-12)24-17(19)20/h1-5,10,17H,6-9,11H2. The zero-order chi connectivity index (χ0) is 17.8. The molecule has 1 aliphatic rings. The molecule has 1 aromatic carbocycles. The maximum atomic E-state index is 12.6. The number of halogens is 3. The summed E-state index contributed by atoms with van der Waals surface area (Å²) in [6.07, 6.45) is 0. The molecule has 3 rings (SSSR count). The molecule has 0 unspecified atom stereocenters. The lowest BCUT2D eigenvalue weighted by molar-refractivity contribution is -0.0499. The van der Waals surface area contributed by atoms with Crippen LogP contribution in [0, 0.1) is 0 Å². The van der Waals surface area contributed by atoms with Crippen molar-refractivity contribution in [1.82, 2.24) is 9.80 Å². The van der Waals surface area contributed by atoms with Gasteiger partial charge in [0.15, 0.2) is 0 Å². The van der Waals surface area contributed by atoms with Crippen molar-refractivity contribution in [3.63, 3.8) is 0 Å². The lowest BCUT2D eigenvalue weighted by atomic mass is 10.1. The third kappa shape index (κ3) is 4.99. The van der Waals surface area contributed by atoms with Crippen LogP contribution in [0.25, 0.3) is 0 Å². The number of piperazine rings is 1. The van der Waals surface area contributed by atoms with Gasteiger partial charge in [0.25, 0.3) is 5.91 Å². The van der Waals surface area contributed by atoms with Gasteiger partial charge in [0, 0.05) is 43.2 Å². The van der Waals surface area contributed by atoms with Crippen LogP contribution < -0.4 is 4.74 Å². The normalized spacial score (nSPS) is 15.6. The van der Waals surface area contributed by atoms with E-state index in [4.69, 9.17) is 0 Å². The largest absolute Gasteiger partial charge is 0.435 e. The molecular formula is C17H17BrF2N2O2S. The molecule has 0 bridgehead atoms. The van der Waals surface area contributed by atoms with Crippen molar-refractivity contribution in [2.45, 2.75) is 13.2 Å². The van der Waals surface area contributed by atoms with Crippen molar-refractivity contribution in [3.8, 4) is 5.75 Å². The number of hydrogen-bond acceptors (Lipinski definition) is 4. The van der Waals surface area contributed by atoms with Crippen molar-refractivity contribution in [1.29, 1.82) is 0 Å². The Hall–Kier alpha value is -1.51. The Bertz CT molecular complexity index is 733. The summed E-state index contributed by atoms with van der Waals surface area (Å²) in [5.41, 5.74) is 0.369. The quantitative estimate of drug-likeness (QED) is 0.716. The van der Waals surface area contributed by atoms with Crippen molar-refractivity contribution >= 4 is 33.2 Å². The summed E-state index contributed by atoms with van der Waals surface area (Å²) in [6, 6.07) is 10.1. The highest BCUT2D eigenvalue weighted by Crippen LogP contribution is 2.24. The Morgan fingerprint density at radius 1 is 1.20 bits per heavy atom. The molecule has 1 fully saturated rings. The van der Waals surface area contributed by atoms with Gasteiger partial charge in [-0.15, -0.1) is 11.3 Å². The average molecular weight is 431 g/mol. The molecule has 4 nitrogen and oxygen atoms in total. The highest BCUT2D eigenvalue weighted by molar-refractivity contribution is 9.11. The fraction of sp³-hybridized carbons (Fsp3) is 0.353. The molecule has 2 heterocycles. The van der Waals surface area contributed by atoms with E-state index in [1.54, 1.807) is 28.4 Å². The SMILES string of the molecule is O=C(c1cccc(OC(F)F)c1)N1CCN(Cc2ccc(Br)s2)CC1. The first kappa shape index (κ1) is 18.3. The Morgan fingerprint density at radius 2 is 1.96 bits per heavy atom. The topological polar surface area (TPSA) is 32.8 Å². The first-order valence-corrected chi connectivity index (χ1v) is 9.43. The smallest absolute Gasteiger partial charge is 0.387 e. The van der Waals surface area contributed by atoms with Crippen LogP contribution >= 0.6 is 27.3 Å². The number of rotatable bonds is 5. The molecule has 0 N–H and O–H groups in total. The fourth-order valence-corrected chi connectivity index (χ4v) is 4.28. The highest BCUT2D eigenvalue weighted by atomic mass is 79.9. The number of benzene rings is 1. The molecule has 1 aliphatic heterocycles. The number of nitrogens with zero attached hydrogens (tertiary/aromatic N) is 2. The summed E-state index contributed by atoms with van der Waals surface area (Å²) in [5.74, 6) is -0.152. The van der Waals surface area contributed by atoms with Crippen molar-refractivity contribution in [2.75, 3.05) is 26.2 Å². The lowest BCUT2D eigenvalue weighted by Gasteiger charge is -2.34. The van der Waals surface area contributed by atoms with E-state index >= 15 is 0 Å². The Labute approximate surface area is 157 Å². The van der Waals surface area contributed by atoms with E-state index in [1.165, 1.54) is 17.0 Å². The van der Waals surface area contributed by atoms with E-state index in [9.17, 15) is 13.6 Å². The Morgan fingerprint density at radius 3 is 2.60 bits per heavy atom. The molecular weight excluding hydrogens is 414 g/mol. The molecule has 0 atom stereocenters. The van der Waals surface area contributed by atoms with E-state index in [-0.39, 0.29) is 11.7 Å². The van der Waals surface area contributed by atoms with Crippen LogP contribution in [-0.4, -0.2) is 48.5 Å². The molecule has 2 aromatic rings. The third-order valence-corrected chi connectivity index (χ3v) is 5.58. The van der Waals surface area contributed by atoms with E-state index < -0.39 is 6.61 Å². The number of carbonyl (C=O) groups excluding carboxylic acids is 1. The number of ether oxygens (including phenoxy) is 1. The van der Waals surface area contributed by atoms with E-state index in [0.29, 0.717) is 18.7 Å². The summed E-state index contributed by atoms with van der Waals surface area (Å²) in [6.45, 7) is 0.779. The molecule has 1 saturated heterocycles. The van der Waals surface area contributed by atoms with Gasteiger partial charge in [0.2, 0.25) is 0 Å². The van der Waals surface area contributed by atoms with Gasteiger partial charge in [-0.3, -0.25) is 9.69 Å². The highest BCUT2D eigenvalue weighted by Gasteiger charge is 2.23. The predicted molar refractivity (Wildman–Crippen MR) is 96.3 cm³/mol. The molecule has 0 spiro atoms. The molecule has 1 aromatic heterocycles. The van der Waals surface area contributed by atoms with Gasteiger partial charge < -0.3 is 9.64 Å². The molecule has 8 heteroatoms. The van der Waals surface area contributed by atoms with Gasteiger partial charge in [-0.2, -0.15) is 8.78 Å². The van der Waals surface area contributed by atoms with Crippen molar-refractivity contribution < 1.29 is 18.3 Å². The van der Waals surface area contributed by atoms with Crippen LogP contribution in [0.15, 0.2) is 40.2 Å². The summed E-state index contributed by atoms with van der Waals surface area (Å²) < 4.78 is 30.1. The van der Waals surface area contributed by atoms with Gasteiger partial charge in [-0.05, 0) is 46.3 Å². The minimum Gasteiger partial charge on any atom is -0.435 e.